The molecule has 0 unspecified atom stereocenters. The molecule has 1 aromatic carbocycles. The van der Waals surface area contributed by atoms with Gasteiger partial charge in [-0.25, -0.2) is 0 Å². The van der Waals surface area contributed by atoms with Crippen molar-refractivity contribution in [1.29, 1.82) is 0 Å². The van der Waals surface area contributed by atoms with Crippen molar-refractivity contribution < 1.29 is 49.0 Å². The number of carboxylic acids is 1. The van der Waals surface area contributed by atoms with Gasteiger partial charge in [0.2, 0.25) is 11.8 Å². The second-order valence-electron chi connectivity index (χ2n) is 6.77. The van der Waals surface area contributed by atoms with Gasteiger partial charge in [0.1, 0.15) is 11.4 Å². The van der Waals surface area contributed by atoms with E-state index in [1.165, 1.54) is 16.7 Å². The van der Waals surface area contributed by atoms with E-state index in [4.69, 9.17) is 5.73 Å². The van der Waals surface area contributed by atoms with E-state index in [-0.39, 0.29) is 53.2 Å². The SMILES string of the molecule is CC1(C)S[C@@H]2[C@H](NC(=O)Cc3ccccc3CN)C(=O)N2[C@H]1C(=O)[O-].[Na+]. The van der Waals surface area contributed by atoms with Crippen molar-refractivity contribution in [2.24, 2.45) is 5.73 Å². The number of fused-ring (bicyclic) bond motifs is 1. The van der Waals surface area contributed by atoms with Crippen LogP contribution in [0.2, 0.25) is 0 Å². The normalized spacial score (nSPS) is 25.7. The molecule has 2 fully saturated rings. The van der Waals surface area contributed by atoms with Crippen LogP contribution in [0.5, 0.6) is 0 Å². The number of thioether (sulfide) groups is 1. The van der Waals surface area contributed by atoms with Crippen LogP contribution in [0.25, 0.3) is 0 Å². The van der Waals surface area contributed by atoms with Crippen LogP contribution in [0.15, 0.2) is 24.3 Å². The number of nitrogens with two attached hydrogens (primary N) is 1. The third-order valence-electron chi connectivity index (χ3n) is 4.67. The average Bonchev–Trinajstić information content (AvgIpc) is 2.81. The number of carbonyl (C=O) groups excluding carboxylic acids is 3. The molecule has 0 radical (unpaired) electrons. The van der Waals surface area contributed by atoms with Crippen LogP contribution in [-0.2, 0) is 27.3 Å². The topological polar surface area (TPSA) is 116 Å². The Morgan fingerprint density at radius 1 is 1.31 bits per heavy atom. The van der Waals surface area contributed by atoms with Crippen molar-refractivity contribution in [2.75, 3.05) is 0 Å². The molecule has 134 valence electrons. The van der Waals surface area contributed by atoms with E-state index in [0.717, 1.165) is 11.1 Å². The van der Waals surface area contributed by atoms with Crippen molar-refractivity contribution in [1.82, 2.24) is 10.2 Å². The Morgan fingerprint density at radius 2 is 1.92 bits per heavy atom. The van der Waals surface area contributed by atoms with Crippen LogP contribution in [0, 0.1) is 0 Å². The minimum absolute atomic E-state index is 0. The molecule has 0 spiro atoms. The smallest absolute Gasteiger partial charge is 0.548 e. The van der Waals surface area contributed by atoms with Gasteiger partial charge in [-0.1, -0.05) is 24.3 Å². The Balaban J connectivity index is 0.00000243. The number of rotatable bonds is 5. The zero-order valence-corrected chi connectivity index (χ0v) is 17.8. The molecule has 3 atom stereocenters. The standard InChI is InChI=1S/C17H21N3O4S.Na/c1-17(2)13(16(23)24)20-14(22)12(15(20)25-17)19-11(21)7-9-5-3-4-6-10(9)8-18;/h3-6,12-13,15H,7-8,18H2,1-2H3,(H,19,21)(H,23,24);/q;+1/p-1/t12-,13+,15-;/m1./s1. The minimum Gasteiger partial charge on any atom is -0.548 e. The molecule has 2 saturated heterocycles. The molecular weight excluding hydrogens is 365 g/mol. The Bertz CT molecular complexity index is 742. The molecule has 26 heavy (non-hydrogen) atoms. The molecule has 2 amide bonds. The van der Waals surface area contributed by atoms with Crippen LogP contribution in [0.4, 0.5) is 0 Å². The van der Waals surface area contributed by atoms with E-state index in [9.17, 15) is 19.5 Å². The summed E-state index contributed by atoms with van der Waals surface area (Å²) in [4.78, 5) is 37.4. The first-order valence-electron chi connectivity index (χ1n) is 8.03. The molecule has 1 aromatic rings. The molecule has 3 rings (SSSR count). The van der Waals surface area contributed by atoms with E-state index in [2.05, 4.69) is 5.32 Å². The molecular formula is C17H20N3NaO4S. The van der Waals surface area contributed by atoms with E-state index in [1.807, 2.05) is 24.3 Å². The van der Waals surface area contributed by atoms with E-state index in [0.29, 0.717) is 6.54 Å². The van der Waals surface area contributed by atoms with Gasteiger partial charge in [-0.15, -0.1) is 11.8 Å². The van der Waals surface area contributed by atoms with Crippen LogP contribution in [0.3, 0.4) is 0 Å². The fourth-order valence-electron chi connectivity index (χ4n) is 3.45. The summed E-state index contributed by atoms with van der Waals surface area (Å²) < 4.78 is -0.662. The number of nitrogens with zero attached hydrogens (tertiary/aromatic N) is 1. The number of carboxylic acid groups (broad SMARTS) is 1. The summed E-state index contributed by atoms with van der Waals surface area (Å²) in [6, 6.07) is 5.69. The third-order valence-corrected chi connectivity index (χ3v) is 6.24. The second kappa shape index (κ2) is 7.90. The molecule has 2 heterocycles. The zero-order chi connectivity index (χ0) is 18.4. The second-order valence-corrected chi connectivity index (χ2v) is 8.54. The van der Waals surface area contributed by atoms with E-state index < -0.39 is 22.8 Å². The zero-order valence-electron chi connectivity index (χ0n) is 15.0. The summed E-state index contributed by atoms with van der Waals surface area (Å²) in [6.45, 7) is 3.86. The molecule has 9 heteroatoms. The number of carbonyl (C=O) groups is 3. The van der Waals surface area contributed by atoms with Crippen molar-refractivity contribution in [3.63, 3.8) is 0 Å². The molecule has 0 aliphatic carbocycles. The van der Waals surface area contributed by atoms with Gasteiger partial charge in [0, 0.05) is 11.3 Å². The predicted molar refractivity (Wildman–Crippen MR) is 91.1 cm³/mol. The van der Waals surface area contributed by atoms with Gasteiger partial charge in [-0.05, 0) is 25.0 Å². The fraction of sp³-hybridized carbons (Fsp3) is 0.471. The Labute approximate surface area is 178 Å². The fourth-order valence-corrected chi connectivity index (χ4v) is 5.07. The molecule has 0 bridgehead atoms. The summed E-state index contributed by atoms with van der Waals surface area (Å²) in [5.74, 6) is -1.93. The maximum atomic E-state index is 12.3. The first-order chi connectivity index (χ1) is 11.8. The van der Waals surface area contributed by atoms with Gasteiger partial charge < -0.3 is 25.9 Å². The number of hydrogen-bond acceptors (Lipinski definition) is 6. The van der Waals surface area contributed by atoms with Gasteiger partial charge in [0.25, 0.3) is 0 Å². The quantitative estimate of drug-likeness (QED) is 0.394. The molecule has 0 aromatic heterocycles. The van der Waals surface area contributed by atoms with Gasteiger partial charge in [0.15, 0.2) is 0 Å². The number of β-lactam (4-membered cyclic amide) rings is 1. The van der Waals surface area contributed by atoms with Crippen molar-refractivity contribution in [3.05, 3.63) is 35.4 Å². The monoisotopic (exact) mass is 385 g/mol. The van der Waals surface area contributed by atoms with Crippen LogP contribution in [-0.4, -0.2) is 44.9 Å². The number of aliphatic carboxylic acids is 1. The van der Waals surface area contributed by atoms with Crippen molar-refractivity contribution in [3.8, 4) is 0 Å². The number of amides is 2. The maximum absolute atomic E-state index is 12.3. The molecule has 0 saturated carbocycles. The first-order valence-corrected chi connectivity index (χ1v) is 8.91. The summed E-state index contributed by atoms with van der Waals surface area (Å²) in [7, 11) is 0. The maximum Gasteiger partial charge on any atom is 1.00 e. The number of benzene rings is 1. The van der Waals surface area contributed by atoms with Crippen LogP contribution in [0.1, 0.15) is 25.0 Å². The molecule has 2 aliphatic heterocycles. The average molecular weight is 385 g/mol. The molecule has 3 N–H and O–H groups in total. The van der Waals surface area contributed by atoms with Crippen molar-refractivity contribution >= 4 is 29.5 Å². The largest absolute Gasteiger partial charge is 1.00 e. The van der Waals surface area contributed by atoms with Gasteiger partial charge in [-0.3, -0.25) is 9.59 Å². The first kappa shape index (κ1) is 21.2. The Hall–Kier alpha value is -1.06. The van der Waals surface area contributed by atoms with Crippen LogP contribution < -0.4 is 45.7 Å². The van der Waals surface area contributed by atoms with Crippen molar-refractivity contribution in [2.45, 2.75) is 49.0 Å². The Morgan fingerprint density at radius 3 is 2.50 bits per heavy atom. The summed E-state index contributed by atoms with van der Waals surface area (Å²) in [6.07, 6.45) is 0.127. The predicted octanol–water partition coefficient (Wildman–Crippen LogP) is -4.01. The molecule has 7 nitrogen and oxygen atoms in total. The third kappa shape index (κ3) is 3.66. The summed E-state index contributed by atoms with van der Waals surface area (Å²) in [5.41, 5.74) is 7.37. The molecule has 2 aliphatic rings. The van der Waals surface area contributed by atoms with Crippen LogP contribution >= 0.6 is 11.8 Å². The number of nitrogens with one attached hydrogen (secondary N) is 1. The number of hydrogen-bond donors (Lipinski definition) is 2. The van der Waals surface area contributed by atoms with Gasteiger partial charge in [0.05, 0.1) is 18.4 Å². The van der Waals surface area contributed by atoms with E-state index in [1.54, 1.807) is 13.8 Å². The Kier molecular flexibility index (Phi) is 6.45. The minimum atomic E-state index is -1.27. The summed E-state index contributed by atoms with van der Waals surface area (Å²) >= 11 is 1.37. The van der Waals surface area contributed by atoms with E-state index >= 15 is 0 Å². The van der Waals surface area contributed by atoms with Gasteiger partial charge >= 0.3 is 29.6 Å². The summed E-state index contributed by atoms with van der Waals surface area (Å²) in [5, 5.41) is 13.7. The van der Waals surface area contributed by atoms with Gasteiger partial charge in [-0.2, -0.15) is 0 Å².